The SMILES string of the molecule is N=C(N)NCCCC([C]=O)N(C(=O)C(N)Cc1ccccc1)C(=O)C1CCCCN1. The number of hydrogen-bond acceptors (Lipinski definition) is 6. The van der Waals surface area contributed by atoms with Crippen molar-refractivity contribution in [2.75, 3.05) is 13.1 Å². The molecule has 0 saturated carbocycles. The number of benzene rings is 1. The Morgan fingerprint density at radius 3 is 2.63 bits per heavy atom. The van der Waals surface area contributed by atoms with Crippen molar-refractivity contribution >= 4 is 24.1 Å². The Hall–Kier alpha value is -2.78. The number of nitrogens with zero attached hydrogens (tertiary/aromatic N) is 1. The highest BCUT2D eigenvalue weighted by Gasteiger charge is 2.37. The number of imide groups is 1. The molecular weight excluding hydrogens is 384 g/mol. The van der Waals surface area contributed by atoms with Crippen molar-refractivity contribution < 1.29 is 14.4 Å². The molecule has 1 aromatic rings. The third kappa shape index (κ3) is 6.93. The van der Waals surface area contributed by atoms with Crippen LogP contribution in [0.2, 0.25) is 0 Å². The molecule has 0 bridgehead atoms. The highest BCUT2D eigenvalue weighted by molar-refractivity contribution is 6.02. The highest BCUT2D eigenvalue weighted by Crippen LogP contribution is 2.16. The van der Waals surface area contributed by atoms with Gasteiger partial charge in [-0.25, -0.2) is 0 Å². The van der Waals surface area contributed by atoms with E-state index in [2.05, 4.69) is 10.6 Å². The van der Waals surface area contributed by atoms with E-state index >= 15 is 0 Å². The molecule has 3 unspecified atom stereocenters. The van der Waals surface area contributed by atoms with Gasteiger partial charge in [0.05, 0.1) is 12.1 Å². The molecule has 9 nitrogen and oxygen atoms in total. The Balaban J connectivity index is 2.15. The highest BCUT2D eigenvalue weighted by atomic mass is 16.2. The van der Waals surface area contributed by atoms with Gasteiger partial charge >= 0.3 is 0 Å². The minimum atomic E-state index is -1.04. The molecule has 3 atom stereocenters. The van der Waals surface area contributed by atoms with E-state index in [4.69, 9.17) is 16.9 Å². The van der Waals surface area contributed by atoms with Crippen molar-refractivity contribution in [1.82, 2.24) is 15.5 Å². The summed E-state index contributed by atoms with van der Waals surface area (Å²) in [7, 11) is 0. The molecule has 7 N–H and O–H groups in total. The monoisotopic (exact) mass is 415 g/mol. The van der Waals surface area contributed by atoms with Gasteiger partial charge in [0.1, 0.15) is 6.04 Å². The van der Waals surface area contributed by atoms with E-state index in [1.807, 2.05) is 36.6 Å². The Kier molecular flexibility index (Phi) is 9.43. The minimum absolute atomic E-state index is 0.179. The van der Waals surface area contributed by atoms with E-state index < -0.39 is 29.9 Å². The smallest absolute Gasteiger partial charge is 0.247 e. The van der Waals surface area contributed by atoms with Crippen molar-refractivity contribution in [1.29, 1.82) is 5.41 Å². The number of piperidine rings is 1. The Bertz CT molecular complexity index is 721. The molecule has 1 aliphatic heterocycles. The van der Waals surface area contributed by atoms with Crippen LogP contribution in [-0.2, 0) is 20.8 Å². The van der Waals surface area contributed by atoms with Crippen LogP contribution >= 0.6 is 0 Å². The van der Waals surface area contributed by atoms with E-state index in [0.29, 0.717) is 25.9 Å². The predicted molar refractivity (Wildman–Crippen MR) is 114 cm³/mol. The van der Waals surface area contributed by atoms with Crippen molar-refractivity contribution in [2.45, 2.75) is 56.7 Å². The van der Waals surface area contributed by atoms with E-state index in [1.54, 1.807) is 0 Å². The van der Waals surface area contributed by atoms with Crippen molar-refractivity contribution in [3.05, 3.63) is 35.9 Å². The quantitative estimate of drug-likeness (QED) is 0.201. The summed E-state index contributed by atoms with van der Waals surface area (Å²) in [6.07, 6.45) is 5.20. The average molecular weight is 416 g/mol. The number of nitrogens with one attached hydrogen (secondary N) is 3. The van der Waals surface area contributed by atoms with Crippen LogP contribution in [0, 0.1) is 5.41 Å². The molecule has 1 heterocycles. The maximum atomic E-state index is 13.2. The Labute approximate surface area is 177 Å². The van der Waals surface area contributed by atoms with Gasteiger partial charge < -0.3 is 22.1 Å². The summed E-state index contributed by atoms with van der Waals surface area (Å²) in [5, 5.41) is 13.0. The lowest BCUT2D eigenvalue weighted by Crippen LogP contribution is -2.58. The third-order valence-electron chi connectivity index (χ3n) is 5.12. The van der Waals surface area contributed by atoms with Crippen LogP contribution in [0.3, 0.4) is 0 Å². The van der Waals surface area contributed by atoms with Gasteiger partial charge in [0.2, 0.25) is 18.1 Å². The molecule has 1 aromatic carbocycles. The van der Waals surface area contributed by atoms with Crippen molar-refractivity contribution in [3.63, 3.8) is 0 Å². The summed E-state index contributed by atoms with van der Waals surface area (Å²) in [6.45, 7) is 1.04. The van der Waals surface area contributed by atoms with Crippen LogP contribution in [-0.4, -0.2) is 60.2 Å². The summed E-state index contributed by atoms with van der Waals surface area (Å²) < 4.78 is 0. The zero-order valence-electron chi connectivity index (χ0n) is 17.1. The fourth-order valence-corrected chi connectivity index (χ4v) is 3.54. The van der Waals surface area contributed by atoms with Gasteiger partial charge in [-0.1, -0.05) is 36.8 Å². The number of carbonyl (C=O) groups is 2. The van der Waals surface area contributed by atoms with Crippen molar-refractivity contribution in [3.8, 4) is 0 Å². The first-order chi connectivity index (χ1) is 14.4. The van der Waals surface area contributed by atoms with Gasteiger partial charge in [0.15, 0.2) is 5.96 Å². The van der Waals surface area contributed by atoms with Gasteiger partial charge in [-0.2, -0.15) is 0 Å². The largest absolute Gasteiger partial charge is 0.370 e. The maximum Gasteiger partial charge on any atom is 0.247 e. The molecule has 0 spiro atoms. The number of rotatable bonds is 10. The molecule has 1 radical (unpaired) electrons. The maximum absolute atomic E-state index is 13.2. The first-order valence-electron chi connectivity index (χ1n) is 10.3. The molecule has 163 valence electrons. The van der Waals surface area contributed by atoms with Gasteiger partial charge in [-0.15, -0.1) is 0 Å². The van der Waals surface area contributed by atoms with Gasteiger partial charge in [0.25, 0.3) is 0 Å². The second-order valence-electron chi connectivity index (χ2n) is 7.46. The molecule has 0 aromatic heterocycles. The summed E-state index contributed by atoms with van der Waals surface area (Å²) in [5.74, 6) is -1.19. The van der Waals surface area contributed by atoms with Crippen LogP contribution < -0.4 is 22.1 Å². The fourth-order valence-electron chi connectivity index (χ4n) is 3.54. The van der Waals surface area contributed by atoms with E-state index in [9.17, 15) is 14.4 Å². The number of hydrogen-bond donors (Lipinski definition) is 5. The lowest BCUT2D eigenvalue weighted by molar-refractivity contribution is -0.149. The van der Waals surface area contributed by atoms with Crippen molar-refractivity contribution in [2.24, 2.45) is 11.5 Å². The minimum Gasteiger partial charge on any atom is -0.370 e. The Morgan fingerprint density at radius 2 is 2.03 bits per heavy atom. The van der Waals surface area contributed by atoms with Crippen LogP contribution in [0.1, 0.15) is 37.7 Å². The van der Waals surface area contributed by atoms with Gasteiger partial charge in [-0.3, -0.25) is 24.7 Å². The van der Waals surface area contributed by atoms with Gasteiger partial charge in [0, 0.05) is 6.54 Å². The lowest BCUT2D eigenvalue weighted by Gasteiger charge is -2.33. The van der Waals surface area contributed by atoms with E-state index in [0.717, 1.165) is 23.3 Å². The molecule has 0 aliphatic carbocycles. The predicted octanol–water partition coefficient (Wildman–Crippen LogP) is -0.205. The topological polar surface area (TPSA) is 154 Å². The van der Waals surface area contributed by atoms with Crippen LogP contribution in [0.5, 0.6) is 0 Å². The molecule has 2 amide bonds. The second-order valence-corrected chi connectivity index (χ2v) is 7.46. The number of guanidine groups is 1. The zero-order valence-corrected chi connectivity index (χ0v) is 17.1. The standard InChI is InChI=1S/C21H31N6O3/c22-17(13-15-7-2-1-3-8-15)19(29)27(20(30)18-10-4-5-11-25-18)16(14-28)9-6-12-26-21(23)24/h1-3,7-8,16-18,25H,4-6,9-13,22H2,(H4,23,24,26). The van der Waals surface area contributed by atoms with E-state index in [-0.39, 0.29) is 18.8 Å². The Morgan fingerprint density at radius 1 is 1.30 bits per heavy atom. The number of amides is 2. The molecular formula is C21H31N6O3. The van der Waals surface area contributed by atoms with Gasteiger partial charge in [-0.05, 0) is 44.2 Å². The van der Waals surface area contributed by atoms with E-state index in [1.165, 1.54) is 0 Å². The molecule has 1 fully saturated rings. The van der Waals surface area contributed by atoms with Crippen LogP contribution in [0.4, 0.5) is 0 Å². The molecule has 1 saturated heterocycles. The molecule has 2 rings (SSSR count). The second kappa shape index (κ2) is 12.0. The number of carbonyl (C=O) groups excluding carboxylic acids is 3. The third-order valence-corrected chi connectivity index (χ3v) is 5.12. The normalized spacial score (nSPS) is 18.1. The van der Waals surface area contributed by atoms with Crippen LogP contribution in [0.25, 0.3) is 0 Å². The molecule has 30 heavy (non-hydrogen) atoms. The first kappa shape index (κ1) is 23.5. The summed E-state index contributed by atoms with van der Waals surface area (Å²) in [5.41, 5.74) is 12.3. The molecule has 9 heteroatoms. The fraction of sp³-hybridized carbons (Fsp3) is 0.524. The first-order valence-corrected chi connectivity index (χ1v) is 10.3. The summed E-state index contributed by atoms with van der Waals surface area (Å²) in [4.78, 5) is 39.1. The van der Waals surface area contributed by atoms with Crippen LogP contribution in [0.15, 0.2) is 30.3 Å². The summed E-state index contributed by atoms with van der Waals surface area (Å²) in [6, 6.07) is 6.79. The lowest BCUT2D eigenvalue weighted by atomic mass is 9.99. The summed E-state index contributed by atoms with van der Waals surface area (Å²) >= 11 is 0. The molecule has 1 aliphatic rings. The average Bonchev–Trinajstić information content (AvgIpc) is 2.76. The zero-order chi connectivity index (χ0) is 21.9. The number of nitrogens with two attached hydrogens (primary N) is 2.